The number of carbonyl (C=O) groups excluding carboxylic acids is 1. The Kier molecular flexibility index (Phi) is 6.57. The lowest BCUT2D eigenvalue weighted by Gasteiger charge is -2.16. The summed E-state index contributed by atoms with van der Waals surface area (Å²) in [5.74, 6) is 0.435. The summed E-state index contributed by atoms with van der Waals surface area (Å²) < 4.78 is 4.63. The van der Waals surface area contributed by atoms with E-state index in [4.69, 9.17) is 0 Å². The van der Waals surface area contributed by atoms with Crippen LogP contribution in [-0.2, 0) is 16.0 Å². The van der Waals surface area contributed by atoms with Crippen LogP contribution in [0.1, 0.15) is 37.3 Å². The molecule has 0 aliphatic heterocycles. The van der Waals surface area contributed by atoms with E-state index in [1.807, 2.05) is 7.05 Å². The van der Waals surface area contributed by atoms with E-state index in [9.17, 15) is 4.79 Å². The van der Waals surface area contributed by atoms with Gasteiger partial charge in [-0.15, -0.1) is 0 Å². The van der Waals surface area contributed by atoms with Crippen molar-refractivity contribution < 1.29 is 9.53 Å². The Morgan fingerprint density at radius 1 is 1.21 bits per heavy atom. The Morgan fingerprint density at radius 2 is 1.84 bits per heavy atom. The molecule has 1 aromatic carbocycles. The van der Waals surface area contributed by atoms with Crippen molar-refractivity contribution in [2.75, 3.05) is 27.2 Å². The van der Waals surface area contributed by atoms with Crippen LogP contribution in [0.15, 0.2) is 24.3 Å². The Labute approximate surface area is 116 Å². The number of esters is 1. The van der Waals surface area contributed by atoms with Crippen LogP contribution < -0.4 is 0 Å². The van der Waals surface area contributed by atoms with Gasteiger partial charge in [0.25, 0.3) is 0 Å². The van der Waals surface area contributed by atoms with Crippen LogP contribution in [0.25, 0.3) is 0 Å². The van der Waals surface area contributed by atoms with Gasteiger partial charge in [0.15, 0.2) is 0 Å². The maximum atomic E-state index is 11.0. The fourth-order valence-electron chi connectivity index (χ4n) is 1.89. The molecule has 0 spiro atoms. The molecule has 0 aliphatic rings. The summed E-state index contributed by atoms with van der Waals surface area (Å²) >= 11 is 0. The molecule has 106 valence electrons. The van der Waals surface area contributed by atoms with Gasteiger partial charge in [0.1, 0.15) is 0 Å². The number of rotatable bonds is 7. The molecule has 1 aromatic rings. The molecule has 0 unspecified atom stereocenters. The molecule has 3 nitrogen and oxygen atoms in total. The Bertz CT molecular complexity index is 384. The van der Waals surface area contributed by atoms with Gasteiger partial charge in [-0.1, -0.05) is 38.1 Å². The first-order valence-electron chi connectivity index (χ1n) is 6.87. The van der Waals surface area contributed by atoms with Gasteiger partial charge in [0.2, 0.25) is 0 Å². The molecule has 1 rings (SSSR count). The topological polar surface area (TPSA) is 29.5 Å². The lowest BCUT2D eigenvalue weighted by molar-refractivity contribution is -0.140. The van der Waals surface area contributed by atoms with E-state index < -0.39 is 0 Å². The number of methoxy groups -OCH3 is 1. The second-order valence-corrected chi connectivity index (χ2v) is 5.28. The maximum absolute atomic E-state index is 11.0. The molecule has 0 atom stereocenters. The molecular formula is C16H25NO2. The lowest BCUT2D eigenvalue weighted by Crippen LogP contribution is -2.24. The smallest absolute Gasteiger partial charge is 0.306 e. The average molecular weight is 263 g/mol. The number of nitrogens with zero attached hydrogens (tertiary/aromatic N) is 1. The highest BCUT2D eigenvalue weighted by Gasteiger charge is 2.05. The van der Waals surface area contributed by atoms with Crippen LogP contribution in [0.2, 0.25) is 0 Å². The van der Waals surface area contributed by atoms with Gasteiger partial charge in [-0.05, 0) is 30.5 Å². The monoisotopic (exact) mass is 263 g/mol. The number of benzene rings is 1. The van der Waals surface area contributed by atoms with Gasteiger partial charge < -0.3 is 9.64 Å². The van der Waals surface area contributed by atoms with Crippen molar-refractivity contribution in [1.29, 1.82) is 0 Å². The van der Waals surface area contributed by atoms with Gasteiger partial charge in [-0.25, -0.2) is 0 Å². The number of likely N-dealkylation sites (N-methyl/N-ethyl adjacent to an activating group) is 1. The molecule has 0 bridgehead atoms. The molecule has 0 aliphatic carbocycles. The van der Waals surface area contributed by atoms with Crippen molar-refractivity contribution in [1.82, 2.24) is 4.90 Å². The summed E-state index contributed by atoms with van der Waals surface area (Å²) in [7, 11) is 3.46. The van der Waals surface area contributed by atoms with Crippen molar-refractivity contribution in [3.05, 3.63) is 35.4 Å². The summed E-state index contributed by atoms with van der Waals surface area (Å²) in [5, 5.41) is 0. The average Bonchev–Trinajstić information content (AvgIpc) is 2.42. The molecule has 0 aromatic heterocycles. The first-order chi connectivity index (χ1) is 9.02. The predicted molar refractivity (Wildman–Crippen MR) is 78.4 cm³/mol. The second-order valence-electron chi connectivity index (χ2n) is 5.28. The van der Waals surface area contributed by atoms with Crippen molar-refractivity contribution in [3.63, 3.8) is 0 Å². The van der Waals surface area contributed by atoms with E-state index in [-0.39, 0.29) is 5.97 Å². The minimum absolute atomic E-state index is 0.145. The van der Waals surface area contributed by atoms with E-state index in [2.05, 4.69) is 47.7 Å². The number of ether oxygens (including phenoxy) is 1. The van der Waals surface area contributed by atoms with E-state index in [1.165, 1.54) is 18.2 Å². The van der Waals surface area contributed by atoms with E-state index in [0.717, 1.165) is 19.5 Å². The van der Waals surface area contributed by atoms with E-state index in [0.29, 0.717) is 12.3 Å². The molecular weight excluding hydrogens is 238 g/mol. The van der Waals surface area contributed by atoms with Crippen LogP contribution in [0.3, 0.4) is 0 Å². The zero-order valence-electron chi connectivity index (χ0n) is 12.5. The maximum Gasteiger partial charge on any atom is 0.306 e. The molecule has 0 saturated heterocycles. The van der Waals surface area contributed by atoms with Crippen molar-refractivity contribution in [2.24, 2.45) is 0 Å². The molecule has 3 heteroatoms. The van der Waals surface area contributed by atoms with E-state index in [1.54, 1.807) is 0 Å². The summed E-state index contributed by atoms with van der Waals surface area (Å²) in [6.45, 7) is 6.11. The van der Waals surface area contributed by atoms with Gasteiger partial charge in [-0.3, -0.25) is 4.79 Å². The third-order valence-corrected chi connectivity index (χ3v) is 3.35. The molecule has 0 radical (unpaired) electrons. The van der Waals surface area contributed by atoms with E-state index >= 15 is 0 Å². The van der Waals surface area contributed by atoms with Crippen molar-refractivity contribution in [2.45, 2.75) is 32.6 Å². The minimum atomic E-state index is -0.145. The summed E-state index contributed by atoms with van der Waals surface area (Å²) in [6, 6.07) is 8.80. The zero-order valence-corrected chi connectivity index (χ0v) is 12.5. The third kappa shape index (κ3) is 5.88. The normalized spacial score (nSPS) is 11.1. The first kappa shape index (κ1) is 15.7. The Hall–Kier alpha value is -1.35. The highest BCUT2D eigenvalue weighted by Crippen LogP contribution is 2.15. The SMILES string of the molecule is COC(=O)CCN(C)CCc1ccc(C(C)C)cc1. The fourth-order valence-corrected chi connectivity index (χ4v) is 1.89. The van der Waals surface area contributed by atoms with Crippen LogP contribution in [0.5, 0.6) is 0 Å². The highest BCUT2D eigenvalue weighted by molar-refractivity contribution is 5.69. The van der Waals surface area contributed by atoms with Gasteiger partial charge in [0, 0.05) is 13.1 Å². The van der Waals surface area contributed by atoms with Crippen LogP contribution in [0, 0.1) is 0 Å². The molecule has 19 heavy (non-hydrogen) atoms. The highest BCUT2D eigenvalue weighted by atomic mass is 16.5. The molecule has 0 amide bonds. The van der Waals surface area contributed by atoms with Crippen LogP contribution in [-0.4, -0.2) is 38.1 Å². The molecule has 0 heterocycles. The molecule has 0 saturated carbocycles. The first-order valence-corrected chi connectivity index (χ1v) is 6.87. The summed E-state index contributed by atoms with van der Waals surface area (Å²) in [6.07, 6.45) is 1.47. The van der Waals surface area contributed by atoms with Crippen molar-refractivity contribution in [3.8, 4) is 0 Å². The summed E-state index contributed by atoms with van der Waals surface area (Å²) in [4.78, 5) is 13.2. The fraction of sp³-hybridized carbons (Fsp3) is 0.562. The van der Waals surface area contributed by atoms with Crippen LogP contribution in [0.4, 0.5) is 0 Å². The van der Waals surface area contributed by atoms with Gasteiger partial charge in [-0.2, -0.15) is 0 Å². The van der Waals surface area contributed by atoms with Crippen molar-refractivity contribution >= 4 is 5.97 Å². The number of carbonyl (C=O) groups is 1. The Balaban J connectivity index is 2.33. The lowest BCUT2D eigenvalue weighted by atomic mass is 10.0. The standard InChI is InChI=1S/C16H25NO2/c1-13(2)15-7-5-14(6-8-15)9-11-17(3)12-10-16(18)19-4/h5-8,13H,9-12H2,1-4H3. The second kappa shape index (κ2) is 7.95. The third-order valence-electron chi connectivity index (χ3n) is 3.35. The largest absolute Gasteiger partial charge is 0.469 e. The Morgan fingerprint density at radius 3 is 2.37 bits per heavy atom. The van der Waals surface area contributed by atoms with Gasteiger partial charge >= 0.3 is 5.97 Å². The number of hydrogen-bond donors (Lipinski definition) is 0. The predicted octanol–water partition coefficient (Wildman–Crippen LogP) is 2.85. The zero-order chi connectivity index (χ0) is 14.3. The van der Waals surface area contributed by atoms with Crippen LogP contribution >= 0.6 is 0 Å². The van der Waals surface area contributed by atoms with Gasteiger partial charge in [0.05, 0.1) is 13.5 Å². The number of hydrogen-bond acceptors (Lipinski definition) is 3. The minimum Gasteiger partial charge on any atom is -0.469 e. The molecule has 0 N–H and O–H groups in total. The molecule has 0 fully saturated rings. The quantitative estimate of drug-likeness (QED) is 0.708. The summed E-state index contributed by atoms with van der Waals surface area (Å²) in [5.41, 5.74) is 2.72.